The molecule has 0 bridgehead atoms. The number of rotatable bonds is 10. The van der Waals surface area contributed by atoms with Gasteiger partial charge in [-0.1, -0.05) is 37.3 Å². The molecule has 2 aromatic carbocycles. The normalized spacial score (nSPS) is 15.0. The summed E-state index contributed by atoms with van der Waals surface area (Å²) < 4.78 is 16.5. The van der Waals surface area contributed by atoms with Crippen molar-refractivity contribution in [2.75, 3.05) is 40.5 Å². The number of carbonyl (C=O) groups excluding carboxylic acids is 2. The van der Waals surface area contributed by atoms with Gasteiger partial charge in [0.15, 0.2) is 11.5 Å². The predicted octanol–water partition coefficient (Wildman–Crippen LogP) is 3.60. The van der Waals surface area contributed by atoms with E-state index in [1.165, 1.54) is 0 Å². The highest BCUT2D eigenvalue weighted by atomic mass is 16.5. The Morgan fingerprint density at radius 2 is 1.79 bits per heavy atom. The van der Waals surface area contributed by atoms with Gasteiger partial charge >= 0.3 is 0 Å². The fourth-order valence-corrected chi connectivity index (χ4v) is 4.22. The van der Waals surface area contributed by atoms with Crippen molar-refractivity contribution >= 4 is 11.8 Å². The van der Waals surface area contributed by atoms with Crippen LogP contribution in [0.4, 0.5) is 0 Å². The van der Waals surface area contributed by atoms with E-state index in [1.807, 2.05) is 61.2 Å². The van der Waals surface area contributed by atoms with Crippen molar-refractivity contribution in [3.05, 3.63) is 59.2 Å². The molecule has 1 atom stereocenters. The monoisotopic (exact) mass is 454 g/mol. The third-order valence-corrected chi connectivity index (χ3v) is 6.01. The molecule has 0 spiro atoms. The van der Waals surface area contributed by atoms with Gasteiger partial charge in [-0.2, -0.15) is 0 Å². The highest BCUT2D eigenvalue weighted by Gasteiger charge is 2.30. The van der Waals surface area contributed by atoms with Gasteiger partial charge in [0, 0.05) is 13.1 Å². The minimum Gasteiger partial charge on any atom is -0.493 e. The SMILES string of the molecule is CCCN(CC(=O)N1CCc2cc(OC)c(OC)cc2C1C)C(=O)COCc1ccccc1. The molecule has 1 unspecified atom stereocenters. The zero-order valence-corrected chi connectivity index (χ0v) is 20.0. The minimum atomic E-state index is -0.169. The van der Waals surface area contributed by atoms with Crippen LogP contribution in [0.2, 0.25) is 0 Å². The summed E-state index contributed by atoms with van der Waals surface area (Å²) in [5.74, 6) is 1.11. The molecule has 33 heavy (non-hydrogen) atoms. The van der Waals surface area contributed by atoms with Crippen LogP contribution in [0.5, 0.6) is 11.5 Å². The summed E-state index contributed by atoms with van der Waals surface area (Å²) >= 11 is 0. The zero-order chi connectivity index (χ0) is 23.8. The summed E-state index contributed by atoms with van der Waals surface area (Å²) in [6, 6.07) is 13.5. The van der Waals surface area contributed by atoms with E-state index in [-0.39, 0.29) is 31.0 Å². The molecule has 178 valence electrons. The Hall–Kier alpha value is -3.06. The standard InChI is InChI=1S/C26H34N2O5/c1-5-12-27(26(30)18-33-17-20-9-7-6-8-10-20)16-25(29)28-13-11-21-14-23(31-3)24(32-4)15-22(21)19(28)2/h6-10,14-15,19H,5,11-13,16-18H2,1-4H3. The smallest absolute Gasteiger partial charge is 0.249 e. The van der Waals surface area contributed by atoms with E-state index >= 15 is 0 Å². The largest absolute Gasteiger partial charge is 0.493 e. The van der Waals surface area contributed by atoms with Crippen LogP contribution in [-0.4, -0.2) is 62.1 Å². The van der Waals surface area contributed by atoms with Crippen LogP contribution in [0, 0.1) is 0 Å². The molecule has 0 saturated carbocycles. The number of ether oxygens (including phenoxy) is 3. The summed E-state index contributed by atoms with van der Waals surface area (Å²) in [5.41, 5.74) is 3.21. The van der Waals surface area contributed by atoms with Crippen LogP contribution < -0.4 is 9.47 Å². The van der Waals surface area contributed by atoms with E-state index in [0.717, 1.165) is 29.5 Å². The minimum absolute atomic E-state index is 0.0441. The van der Waals surface area contributed by atoms with Crippen LogP contribution in [-0.2, 0) is 27.4 Å². The molecule has 0 saturated heterocycles. The average Bonchev–Trinajstić information content (AvgIpc) is 2.83. The van der Waals surface area contributed by atoms with Crippen molar-refractivity contribution in [2.24, 2.45) is 0 Å². The molecule has 0 radical (unpaired) electrons. The van der Waals surface area contributed by atoms with Gasteiger partial charge in [0.1, 0.15) is 6.61 Å². The Morgan fingerprint density at radius 3 is 2.45 bits per heavy atom. The number of nitrogens with zero attached hydrogens (tertiary/aromatic N) is 2. The Morgan fingerprint density at radius 1 is 1.09 bits per heavy atom. The van der Waals surface area contributed by atoms with Crippen molar-refractivity contribution in [1.82, 2.24) is 9.80 Å². The van der Waals surface area contributed by atoms with Gasteiger partial charge in [-0.15, -0.1) is 0 Å². The lowest BCUT2D eigenvalue weighted by Gasteiger charge is -2.37. The maximum atomic E-state index is 13.2. The van der Waals surface area contributed by atoms with Crippen molar-refractivity contribution in [1.29, 1.82) is 0 Å². The molecule has 7 heteroatoms. The number of carbonyl (C=O) groups is 2. The first-order chi connectivity index (χ1) is 16.0. The maximum absolute atomic E-state index is 13.2. The molecule has 1 heterocycles. The van der Waals surface area contributed by atoms with Crippen molar-refractivity contribution in [3.8, 4) is 11.5 Å². The Bertz CT molecular complexity index is 947. The molecule has 1 aliphatic rings. The Balaban J connectivity index is 1.63. The second kappa shape index (κ2) is 11.7. The molecule has 1 aliphatic heterocycles. The maximum Gasteiger partial charge on any atom is 0.249 e. The molecule has 2 amide bonds. The molecule has 0 N–H and O–H groups in total. The Labute approximate surface area is 196 Å². The van der Waals surface area contributed by atoms with Crippen molar-refractivity contribution < 1.29 is 23.8 Å². The fourth-order valence-electron chi connectivity index (χ4n) is 4.22. The van der Waals surface area contributed by atoms with Gasteiger partial charge in [0.2, 0.25) is 11.8 Å². The third-order valence-electron chi connectivity index (χ3n) is 6.01. The number of methoxy groups -OCH3 is 2. The highest BCUT2D eigenvalue weighted by Crippen LogP contribution is 2.37. The van der Waals surface area contributed by atoms with Crippen molar-refractivity contribution in [3.63, 3.8) is 0 Å². The lowest BCUT2D eigenvalue weighted by atomic mass is 9.92. The van der Waals surface area contributed by atoms with Gasteiger partial charge < -0.3 is 24.0 Å². The lowest BCUT2D eigenvalue weighted by Crippen LogP contribution is -2.47. The number of hydrogen-bond donors (Lipinski definition) is 0. The Kier molecular flexibility index (Phi) is 8.72. The summed E-state index contributed by atoms with van der Waals surface area (Å²) in [4.78, 5) is 29.4. The van der Waals surface area contributed by atoms with Crippen LogP contribution >= 0.6 is 0 Å². The van der Waals surface area contributed by atoms with Crippen LogP contribution in [0.25, 0.3) is 0 Å². The number of hydrogen-bond acceptors (Lipinski definition) is 5. The van der Waals surface area contributed by atoms with E-state index < -0.39 is 0 Å². The van der Waals surface area contributed by atoms with E-state index in [4.69, 9.17) is 14.2 Å². The molecule has 0 fully saturated rings. The fraction of sp³-hybridized carbons (Fsp3) is 0.462. The van der Waals surface area contributed by atoms with Crippen molar-refractivity contribution in [2.45, 2.75) is 39.3 Å². The molecule has 7 nitrogen and oxygen atoms in total. The average molecular weight is 455 g/mol. The predicted molar refractivity (Wildman–Crippen MR) is 126 cm³/mol. The lowest BCUT2D eigenvalue weighted by molar-refractivity contribution is -0.144. The third kappa shape index (κ3) is 6.05. The molecule has 0 aromatic heterocycles. The van der Waals surface area contributed by atoms with Gasteiger partial charge in [-0.05, 0) is 48.6 Å². The van der Waals surface area contributed by atoms with Gasteiger partial charge in [0.25, 0.3) is 0 Å². The summed E-state index contributed by atoms with van der Waals surface area (Å²) in [6.07, 6.45) is 1.50. The van der Waals surface area contributed by atoms with Crippen LogP contribution in [0.3, 0.4) is 0 Å². The van der Waals surface area contributed by atoms with Gasteiger partial charge in [-0.3, -0.25) is 9.59 Å². The van der Waals surface area contributed by atoms with Gasteiger partial charge in [0.05, 0.1) is 33.4 Å². The first-order valence-corrected chi connectivity index (χ1v) is 11.4. The topological polar surface area (TPSA) is 68.3 Å². The quantitative estimate of drug-likeness (QED) is 0.549. The second-order valence-electron chi connectivity index (χ2n) is 8.21. The summed E-state index contributed by atoms with van der Waals surface area (Å²) in [6.45, 7) is 5.49. The van der Waals surface area contributed by atoms with Crippen LogP contribution in [0.15, 0.2) is 42.5 Å². The number of fused-ring (bicyclic) bond motifs is 1. The molecule has 2 aromatic rings. The molecular formula is C26H34N2O5. The molecule has 3 rings (SSSR count). The van der Waals surface area contributed by atoms with E-state index in [1.54, 1.807) is 19.1 Å². The first-order valence-electron chi connectivity index (χ1n) is 11.4. The van der Waals surface area contributed by atoms with E-state index in [9.17, 15) is 9.59 Å². The van der Waals surface area contributed by atoms with E-state index in [0.29, 0.717) is 31.2 Å². The second-order valence-corrected chi connectivity index (χ2v) is 8.21. The molecule has 0 aliphatic carbocycles. The first kappa shape index (κ1) is 24.6. The summed E-state index contributed by atoms with van der Waals surface area (Å²) in [7, 11) is 3.23. The van der Waals surface area contributed by atoms with Crippen LogP contribution in [0.1, 0.15) is 43.0 Å². The highest BCUT2D eigenvalue weighted by molar-refractivity contribution is 5.86. The van der Waals surface area contributed by atoms with Gasteiger partial charge in [-0.25, -0.2) is 0 Å². The summed E-state index contributed by atoms with van der Waals surface area (Å²) in [5, 5.41) is 0. The van der Waals surface area contributed by atoms with E-state index in [2.05, 4.69) is 0 Å². The zero-order valence-electron chi connectivity index (χ0n) is 20.0. The molecular weight excluding hydrogens is 420 g/mol. The number of amides is 2. The number of benzene rings is 2.